The lowest BCUT2D eigenvalue weighted by Crippen LogP contribution is -2.47. The number of hydrogen-bond donors (Lipinski definition) is 3. The van der Waals surface area contributed by atoms with Crippen LogP contribution in [0.15, 0.2) is 48.5 Å². The molecule has 30 heavy (non-hydrogen) atoms. The van der Waals surface area contributed by atoms with Crippen molar-refractivity contribution in [2.45, 2.75) is 19.5 Å². The van der Waals surface area contributed by atoms with E-state index in [1.54, 1.807) is 42.5 Å². The third-order valence-electron chi connectivity index (χ3n) is 5.03. The molecule has 3 rings (SSSR count). The van der Waals surface area contributed by atoms with Crippen LogP contribution in [0.3, 0.4) is 0 Å². The van der Waals surface area contributed by atoms with Crippen molar-refractivity contribution in [3.05, 3.63) is 65.5 Å². The maximum absolute atomic E-state index is 13.6. The molecule has 3 N–H and O–H groups in total. The molecule has 2 aromatic rings. The number of nitrogens with one attached hydrogen (secondary N) is 3. The number of ether oxygens (including phenoxy) is 1. The van der Waals surface area contributed by atoms with Crippen molar-refractivity contribution < 1.29 is 18.7 Å². The maximum atomic E-state index is 13.6. The predicted molar refractivity (Wildman–Crippen MR) is 113 cm³/mol. The molecule has 1 atom stereocenters. The minimum absolute atomic E-state index is 0.106. The Hall–Kier alpha value is -2.97. The molecular formula is C22H27FN4O3. The van der Waals surface area contributed by atoms with Gasteiger partial charge in [-0.15, -0.1) is 0 Å². The SMILES string of the molecule is CC(CNC(=O)Nc1ccc(C(=O)NCc2ccccc2F)cc1)N1CCOCC1. The molecule has 0 radical (unpaired) electrons. The third-order valence-corrected chi connectivity index (χ3v) is 5.03. The first-order chi connectivity index (χ1) is 14.5. The number of nitrogens with zero attached hydrogens (tertiary/aromatic N) is 1. The number of halogens is 1. The summed E-state index contributed by atoms with van der Waals surface area (Å²) in [5, 5.41) is 8.31. The number of hydrogen-bond acceptors (Lipinski definition) is 4. The number of urea groups is 1. The van der Waals surface area contributed by atoms with Gasteiger partial charge in [0.05, 0.1) is 13.2 Å². The molecule has 0 aromatic heterocycles. The Bertz CT molecular complexity index is 854. The van der Waals surface area contributed by atoms with Crippen molar-refractivity contribution in [2.75, 3.05) is 38.2 Å². The highest BCUT2D eigenvalue weighted by Crippen LogP contribution is 2.11. The fraction of sp³-hybridized carbons (Fsp3) is 0.364. The zero-order valence-corrected chi connectivity index (χ0v) is 17.0. The molecular weight excluding hydrogens is 387 g/mol. The molecule has 1 fully saturated rings. The first kappa shape index (κ1) is 21.7. The van der Waals surface area contributed by atoms with E-state index in [1.807, 2.05) is 0 Å². The Labute approximate surface area is 175 Å². The van der Waals surface area contributed by atoms with E-state index in [0.717, 1.165) is 26.3 Å². The zero-order chi connectivity index (χ0) is 21.3. The molecule has 0 saturated carbocycles. The Balaban J connectivity index is 1.43. The first-order valence-electron chi connectivity index (χ1n) is 10.0. The van der Waals surface area contributed by atoms with Gasteiger partial charge in [0.25, 0.3) is 5.91 Å². The summed E-state index contributed by atoms with van der Waals surface area (Å²) in [7, 11) is 0. The second kappa shape index (κ2) is 10.7. The normalized spacial score (nSPS) is 15.3. The molecule has 3 amide bonds. The van der Waals surface area contributed by atoms with Gasteiger partial charge < -0.3 is 20.7 Å². The molecule has 1 unspecified atom stereocenters. The van der Waals surface area contributed by atoms with Crippen molar-refractivity contribution in [3.8, 4) is 0 Å². The van der Waals surface area contributed by atoms with Crippen LogP contribution in [-0.2, 0) is 11.3 Å². The third kappa shape index (κ3) is 6.27. The summed E-state index contributed by atoms with van der Waals surface area (Å²) < 4.78 is 19.0. The van der Waals surface area contributed by atoms with Gasteiger partial charge in [0.15, 0.2) is 0 Å². The summed E-state index contributed by atoms with van der Waals surface area (Å²) in [5.74, 6) is -0.667. The summed E-state index contributed by atoms with van der Waals surface area (Å²) in [5.41, 5.74) is 1.43. The van der Waals surface area contributed by atoms with Crippen LogP contribution in [0.25, 0.3) is 0 Å². The molecule has 8 heteroatoms. The number of benzene rings is 2. The molecule has 160 valence electrons. The highest BCUT2D eigenvalue weighted by Gasteiger charge is 2.17. The van der Waals surface area contributed by atoms with Crippen molar-refractivity contribution in [1.82, 2.24) is 15.5 Å². The fourth-order valence-corrected chi connectivity index (χ4v) is 3.19. The minimum Gasteiger partial charge on any atom is -0.379 e. The second-order valence-electron chi connectivity index (χ2n) is 7.18. The van der Waals surface area contributed by atoms with Crippen LogP contribution >= 0.6 is 0 Å². The standard InChI is InChI=1S/C22H27FN4O3/c1-16(27-10-12-30-13-11-27)14-25-22(29)26-19-8-6-17(7-9-19)21(28)24-15-18-4-2-3-5-20(18)23/h2-9,16H,10-15H2,1H3,(H,24,28)(H2,25,26,29). The van der Waals surface area contributed by atoms with E-state index < -0.39 is 0 Å². The number of amides is 3. The molecule has 1 aliphatic rings. The topological polar surface area (TPSA) is 82.7 Å². The summed E-state index contributed by atoms with van der Waals surface area (Å²) in [6, 6.07) is 12.8. The number of morpholine rings is 1. The predicted octanol–water partition coefficient (Wildman–Crippen LogP) is 2.60. The van der Waals surface area contributed by atoms with E-state index in [9.17, 15) is 14.0 Å². The van der Waals surface area contributed by atoms with Crippen LogP contribution in [0.2, 0.25) is 0 Å². The van der Waals surface area contributed by atoms with Gasteiger partial charge in [-0.05, 0) is 37.3 Å². The second-order valence-corrected chi connectivity index (χ2v) is 7.18. The smallest absolute Gasteiger partial charge is 0.319 e. The van der Waals surface area contributed by atoms with Crippen molar-refractivity contribution in [2.24, 2.45) is 0 Å². The van der Waals surface area contributed by atoms with Crippen LogP contribution in [0, 0.1) is 5.82 Å². The Kier molecular flexibility index (Phi) is 7.75. The molecule has 2 aromatic carbocycles. The van der Waals surface area contributed by atoms with E-state index in [-0.39, 0.29) is 30.3 Å². The van der Waals surface area contributed by atoms with E-state index in [4.69, 9.17) is 4.74 Å². The highest BCUT2D eigenvalue weighted by molar-refractivity contribution is 5.95. The van der Waals surface area contributed by atoms with Crippen molar-refractivity contribution >= 4 is 17.6 Å². The largest absolute Gasteiger partial charge is 0.379 e. The molecule has 1 aliphatic heterocycles. The number of rotatable bonds is 7. The molecule has 1 heterocycles. The Morgan fingerprint density at radius 2 is 1.77 bits per heavy atom. The average molecular weight is 414 g/mol. The van der Waals surface area contributed by atoms with Gasteiger partial charge in [-0.2, -0.15) is 0 Å². The molecule has 0 aliphatic carbocycles. The monoisotopic (exact) mass is 414 g/mol. The van der Waals surface area contributed by atoms with Gasteiger partial charge in [-0.3, -0.25) is 9.69 Å². The van der Waals surface area contributed by atoms with Crippen LogP contribution in [0.1, 0.15) is 22.8 Å². The van der Waals surface area contributed by atoms with E-state index in [1.165, 1.54) is 6.07 Å². The van der Waals surface area contributed by atoms with E-state index >= 15 is 0 Å². The van der Waals surface area contributed by atoms with Crippen LogP contribution in [0.4, 0.5) is 14.9 Å². The van der Waals surface area contributed by atoms with E-state index in [2.05, 4.69) is 27.8 Å². The Morgan fingerprint density at radius 1 is 1.07 bits per heavy atom. The number of anilines is 1. The summed E-state index contributed by atoms with van der Waals surface area (Å²) in [6.07, 6.45) is 0. The lowest BCUT2D eigenvalue weighted by atomic mass is 10.1. The summed E-state index contributed by atoms with van der Waals surface area (Å²) >= 11 is 0. The van der Waals surface area contributed by atoms with Gasteiger partial charge in [0.2, 0.25) is 0 Å². The summed E-state index contributed by atoms with van der Waals surface area (Å²) in [6.45, 7) is 5.88. The van der Waals surface area contributed by atoms with Crippen LogP contribution in [0.5, 0.6) is 0 Å². The van der Waals surface area contributed by atoms with Gasteiger partial charge in [-0.1, -0.05) is 18.2 Å². The zero-order valence-electron chi connectivity index (χ0n) is 17.0. The number of carbonyl (C=O) groups excluding carboxylic acids is 2. The lowest BCUT2D eigenvalue weighted by molar-refractivity contribution is 0.0209. The van der Waals surface area contributed by atoms with E-state index in [0.29, 0.717) is 23.4 Å². The first-order valence-corrected chi connectivity index (χ1v) is 10.0. The van der Waals surface area contributed by atoms with Crippen LogP contribution < -0.4 is 16.0 Å². The molecule has 1 saturated heterocycles. The lowest BCUT2D eigenvalue weighted by Gasteiger charge is -2.32. The highest BCUT2D eigenvalue weighted by atomic mass is 19.1. The van der Waals surface area contributed by atoms with Crippen molar-refractivity contribution in [1.29, 1.82) is 0 Å². The van der Waals surface area contributed by atoms with Crippen molar-refractivity contribution in [3.63, 3.8) is 0 Å². The molecule has 7 nitrogen and oxygen atoms in total. The van der Waals surface area contributed by atoms with Gasteiger partial charge in [-0.25, -0.2) is 9.18 Å². The maximum Gasteiger partial charge on any atom is 0.319 e. The van der Waals surface area contributed by atoms with Gasteiger partial charge >= 0.3 is 6.03 Å². The van der Waals surface area contributed by atoms with Gasteiger partial charge in [0.1, 0.15) is 5.82 Å². The quantitative estimate of drug-likeness (QED) is 0.651. The minimum atomic E-state index is -0.355. The Morgan fingerprint density at radius 3 is 2.47 bits per heavy atom. The fourth-order valence-electron chi connectivity index (χ4n) is 3.19. The number of carbonyl (C=O) groups is 2. The van der Waals surface area contributed by atoms with Crippen LogP contribution in [-0.4, -0.2) is 55.7 Å². The molecule has 0 spiro atoms. The molecule has 0 bridgehead atoms. The average Bonchev–Trinajstić information content (AvgIpc) is 2.78. The summed E-state index contributed by atoms with van der Waals surface area (Å²) in [4.78, 5) is 26.6. The van der Waals surface area contributed by atoms with Gasteiger partial charge in [0, 0.05) is 49.0 Å².